The number of nitro benzene ring substituents is 1. The monoisotopic (exact) mass is 347 g/mol. The van der Waals surface area contributed by atoms with E-state index in [0.717, 1.165) is 16.2 Å². The molecule has 0 aliphatic carbocycles. The summed E-state index contributed by atoms with van der Waals surface area (Å²) < 4.78 is 0.850. The number of thioether (sulfide) groups is 1. The van der Waals surface area contributed by atoms with E-state index < -0.39 is 4.92 Å². The molecule has 0 aliphatic rings. The predicted molar refractivity (Wildman–Crippen MR) is 82.5 cm³/mol. The Morgan fingerprint density at radius 2 is 1.95 bits per heavy atom. The minimum Gasteiger partial charge on any atom is -0.293 e. The molecule has 0 unspecified atom stereocenters. The lowest BCUT2D eigenvalue weighted by molar-refractivity contribution is -0.384. The van der Waals surface area contributed by atoms with Crippen LogP contribution in [0, 0.1) is 10.1 Å². The summed E-state index contributed by atoms with van der Waals surface area (Å²) in [5, 5.41) is 10.5. The molecule has 2 aromatic rings. The number of nitrogens with zero attached hydrogens (tertiary/aromatic N) is 1. The summed E-state index contributed by atoms with van der Waals surface area (Å²) in [5.41, 5.74) is 0.435. The highest BCUT2D eigenvalue weighted by atomic mass is 35.5. The molecule has 0 saturated carbocycles. The molecule has 0 N–H and O–H groups in total. The number of carbonyl (C=O) groups is 1. The van der Waals surface area contributed by atoms with Gasteiger partial charge in [-0.15, -0.1) is 23.1 Å². The van der Waals surface area contributed by atoms with E-state index >= 15 is 0 Å². The molecule has 1 heterocycles. The Kier molecular flexibility index (Phi) is 5.04. The first-order valence-electron chi connectivity index (χ1n) is 5.32. The molecule has 0 fully saturated rings. The Balaban J connectivity index is 2.00. The second kappa shape index (κ2) is 6.58. The van der Waals surface area contributed by atoms with E-state index in [1.165, 1.54) is 23.9 Å². The summed E-state index contributed by atoms with van der Waals surface area (Å²) >= 11 is 14.1. The van der Waals surface area contributed by atoms with Crippen molar-refractivity contribution in [2.75, 3.05) is 5.75 Å². The molecule has 0 radical (unpaired) electrons. The van der Waals surface area contributed by atoms with Crippen LogP contribution in [0.4, 0.5) is 5.69 Å². The summed E-state index contributed by atoms with van der Waals surface area (Å²) in [6, 6.07) is 7.58. The number of benzene rings is 1. The first kappa shape index (κ1) is 15.3. The van der Waals surface area contributed by atoms with Gasteiger partial charge < -0.3 is 0 Å². The highest BCUT2D eigenvalue weighted by molar-refractivity contribution is 8.00. The maximum atomic E-state index is 12.0. The molecule has 0 aliphatic heterocycles. The van der Waals surface area contributed by atoms with E-state index in [1.807, 2.05) is 0 Å². The van der Waals surface area contributed by atoms with Gasteiger partial charge in [0.2, 0.25) is 0 Å². The van der Waals surface area contributed by atoms with Gasteiger partial charge in [-0.3, -0.25) is 14.9 Å². The third-order valence-electron chi connectivity index (χ3n) is 2.37. The number of thiophene rings is 1. The van der Waals surface area contributed by atoms with Crippen molar-refractivity contribution in [2.24, 2.45) is 0 Å². The van der Waals surface area contributed by atoms with Gasteiger partial charge in [0.1, 0.15) is 4.34 Å². The van der Waals surface area contributed by atoms with Gasteiger partial charge in [0, 0.05) is 22.6 Å². The van der Waals surface area contributed by atoms with E-state index in [2.05, 4.69) is 0 Å². The number of halogens is 2. The summed E-state index contributed by atoms with van der Waals surface area (Å²) in [4.78, 5) is 22.8. The van der Waals surface area contributed by atoms with Crippen LogP contribution in [0.1, 0.15) is 10.4 Å². The standard InChI is InChI=1S/C12H7Cl2NO3S2/c13-11-5-9(12(14)20-11)10(16)6-19-8-3-1-7(2-4-8)15(17)18/h1-5H,6H2. The molecule has 0 amide bonds. The average Bonchev–Trinajstić information content (AvgIpc) is 2.75. The number of rotatable bonds is 5. The van der Waals surface area contributed by atoms with Crippen molar-refractivity contribution in [2.45, 2.75) is 4.90 Å². The largest absolute Gasteiger partial charge is 0.293 e. The number of ketones is 1. The van der Waals surface area contributed by atoms with Crippen LogP contribution in [-0.4, -0.2) is 16.5 Å². The van der Waals surface area contributed by atoms with Crippen molar-refractivity contribution < 1.29 is 9.72 Å². The topological polar surface area (TPSA) is 60.2 Å². The van der Waals surface area contributed by atoms with Gasteiger partial charge in [0.25, 0.3) is 5.69 Å². The molecular formula is C12H7Cl2NO3S2. The molecule has 8 heteroatoms. The van der Waals surface area contributed by atoms with Gasteiger partial charge in [-0.05, 0) is 18.2 Å². The summed E-state index contributed by atoms with van der Waals surface area (Å²) in [6.45, 7) is 0. The number of non-ortho nitro benzene ring substituents is 1. The second-order valence-corrected chi connectivity index (χ2v) is 7.04. The molecule has 0 atom stereocenters. The highest BCUT2D eigenvalue weighted by Crippen LogP contribution is 2.32. The second-order valence-electron chi connectivity index (χ2n) is 3.70. The number of hydrogen-bond donors (Lipinski definition) is 0. The number of carbonyl (C=O) groups excluding carboxylic acids is 1. The number of Topliss-reactive ketones (excluding diaryl/α,β-unsaturated/α-hetero) is 1. The Morgan fingerprint density at radius 3 is 2.45 bits per heavy atom. The van der Waals surface area contributed by atoms with E-state index in [9.17, 15) is 14.9 Å². The zero-order valence-electron chi connectivity index (χ0n) is 9.84. The molecular weight excluding hydrogens is 341 g/mol. The van der Waals surface area contributed by atoms with Gasteiger partial charge in [-0.2, -0.15) is 0 Å². The normalized spacial score (nSPS) is 10.5. The third-order valence-corrected chi connectivity index (χ3v) is 4.87. The number of nitro groups is 1. The van der Waals surface area contributed by atoms with Crippen LogP contribution in [0.5, 0.6) is 0 Å². The van der Waals surface area contributed by atoms with Crippen LogP contribution in [0.2, 0.25) is 8.67 Å². The first-order chi connectivity index (χ1) is 9.47. The smallest absolute Gasteiger partial charge is 0.269 e. The van der Waals surface area contributed by atoms with Crippen LogP contribution >= 0.6 is 46.3 Å². The van der Waals surface area contributed by atoms with E-state index in [1.54, 1.807) is 18.2 Å². The number of hydrogen-bond acceptors (Lipinski definition) is 5. The van der Waals surface area contributed by atoms with Crippen molar-refractivity contribution in [1.82, 2.24) is 0 Å². The summed E-state index contributed by atoms with van der Waals surface area (Å²) in [7, 11) is 0. The van der Waals surface area contributed by atoms with Crippen LogP contribution in [0.15, 0.2) is 35.2 Å². The minimum atomic E-state index is -0.466. The SMILES string of the molecule is O=C(CSc1ccc([N+](=O)[O-])cc1)c1cc(Cl)sc1Cl. The lowest BCUT2D eigenvalue weighted by Crippen LogP contribution is -2.01. The molecule has 104 valence electrons. The molecule has 0 spiro atoms. The lowest BCUT2D eigenvalue weighted by atomic mass is 10.2. The Hall–Kier alpha value is -1.08. The molecule has 0 bridgehead atoms. The van der Waals surface area contributed by atoms with E-state index in [4.69, 9.17) is 23.2 Å². The van der Waals surface area contributed by atoms with Crippen LogP contribution in [0.3, 0.4) is 0 Å². The Morgan fingerprint density at radius 1 is 1.30 bits per heavy atom. The van der Waals surface area contributed by atoms with E-state index in [0.29, 0.717) is 14.2 Å². The van der Waals surface area contributed by atoms with Crippen molar-refractivity contribution in [3.05, 3.63) is 54.7 Å². The Labute approximate surface area is 132 Å². The molecule has 2 rings (SSSR count). The molecule has 20 heavy (non-hydrogen) atoms. The zero-order valence-corrected chi connectivity index (χ0v) is 13.0. The fourth-order valence-corrected chi connectivity index (χ4v) is 3.70. The average molecular weight is 348 g/mol. The summed E-state index contributed by atoms with van der Waals surface area (Å²) in [5.74, 6) is 0.0754. The first-order valence-corrected chi connectivity index (χ1v) is 7.88. The van der Waals surface area contributed by atoms with Crippen molar-refractivity contribution in [1.29, 1.82) is 0 Å². The maximum Gasteiger partial charge on any atom is 0.269 e. The van der Waals surface area contributed by atoms with E-state index in [-0.39, 0.29) is 17.2 Å². The van der Waals surface area contributed by atoms with Gasteiger partial charge in [0.15, 0.2) is 5.78 Å². The maximum absolute atomic E-state index is 12.0. The fraction of sp³-hybridized carbons (Fsp3) is 0.0833. The van der Waals surface area contributed by atoms with Crippen molar-refractivity contribution in [3.63, 3.8) is 0 Å². The van der Waals surface area contributed by atoms with Crippen molar-refractivity contribution >= 4 is 57.8 Å². The minimum absolute atomic E-state index is 0.0216. The molecule has 4 nitrogen and oxygen atoms in total. The Bertz CT molecular complexity index is 655. The van der Waals surface area contributed by atoms with Crippen LogP contribution in [-0.2, 0) is 0 Å². The summed E-state index contributed by atoms with van der Waals surface area (Å²) in [6.07, 6.45) is 0. The van der Waals surface area contributed by atoms with Gasteiger partial charge in [-0.1, -0.05) is 23.2 Å². The quantitative estimate of drug-likeness (QED) is 0.332. The lowest BCUT2D eigenvalue weighted by Gasteiger charge is -2.00. The molecule has 1 aromatic heterocycles. The fourth-order valence-electron chi connectivity index (χ4n) is 1.42. The molecule has 0 saturated heterocycles. The highest BCUT2D eigenvalue weighted by Gasteiger charge is 2.14. The zero-order chi connectivity index (χ0) is 14.7. The molecule has 1 aromatic carbocycles. The van der Waals surface area contributed by atoms with Gasteiger partial charge >= 0.3 is 0 Å². The van der Waals surface area contributed by atoms with Gasteiger partial charge in [0.05, 0.1) is 15.0 Å². The van der Waals surface area contributed by atoms with Crippen molar-refractivity contribution in [3.8, 4) is 0 Å². The van der Waals surface area contributed by atoms with Gasteiger partial charge in [-0.25, -0.2) is 0 Å². The van der Waals surface area contributed by atoms with Crippen LogP contribution < -0.4 is 0 Å². The third kappa shape index (κ3) is 3.73. The predicted octanol–water partition coefficient (Wildman–Crippen LogP) is 4.94. The van der Waals surface area contributed by atoms with Crippen LogP contribution in [0.25, 0.3) is 0 Å².